The van der Waals surface area contributed by atoms with Gasteiger partial charge in [-0.2, -0.15) is 0 Å². The van der Waals surface area contributed by atoms with Gasteiger partial charge in [-0.3, -0.25) is 9.59 Å². The molecule has 0 radical (unpaired) electrons. The number of nitrogens with zero attached hydrogens (tertiary/aromatic N) is 2. The minimum Gasteiger partial charge on any atom is -0.484 e. The Bertz CT molecular complexity index is 917. The van der Waals surface area contributed by atoms with Gasteiger partial charge in [-0.05, 0) is 61.7 Å². The van der Waals surface area contributed by atoms with Crippen LogP contribution in [0.2, 0.25) is 10.0 Å². The Hall–Kier alpha value is -2.24. The van der Waals surface area contributed by atoms with Crippen LogP contribution < -0.4 is 4.74 Å². The third-order valence-corrected chi connectivity index (χ3v) is 5.70. The second-order valence-corrected chi connectivity index (χ2v) is 8.03. The normalized spacial score (nSPS) is 14.5. The summed E-state index contributed by atoms with van der Waals surface area (Å²) in [6.45, 7) is 6.07. The zero-order valence-electron chi connectivity index (χ0n) is 16.6. The van der Waals surface area contributed by atoms with Crippen LogP contribution in [0, 0.1) is 13.8 Å². The lowest BCUT2D eigenvalue weighted by atomic mass is 10.1. The molecule has 5 nitrogen and oxygen atoms in total. The van der Waals surface area contributed by atoms with E-state index in [1.54, 1.807) is 28.0 Å². The highest BCUT2D eigenvalue weighted by Crippen LogP contribution is 2.23. The first-order valence-electron chi connectivity index (χ1n) is 9.57. The number of carbonyl (C=O) groups is 2. The Morgan fingerprint density at radius 3 is 2.41 bits per heavy atom. The number of ether oxygens (including phenoxy) is 1. The molecule has 0 saturated carbocycles. The second kappa shape index (κ2) is 9.51. The minimum atomic E-state index is -0.168. The lowest BCUT2D eigenvalue weighted by Gasteiger charge is -2.23. The zero-order valence-corrected chi connectivity index (χ0v) is 18.1. The smallest absolute Gasteiger partial charge is 0.260 e. The summed E-state index contributed by atoms with van der Waals surface area (Å²) in [4.78, 5) is 28.9. The lowest BCUT2D eigenvalue weighted by Crippen LogP contribution is -2.39. The number of benzene rings is 2. The highest BCUT2D eigenvalue weighted by molar-refractivity contribution is 6.35. The summed E-state index contributed by atoms with van der Waals surface area (Å²) in [6.07, 6.45) is 0.694. The van der Waals surface area contributed by atoms with E-state index < -0.39 is 0 Å². The maximum atomic E-state index is 12.8. The van der Waals surface area contributed by atoms with Gasteiger partial charge in [0.1, 0.15) is 5.75 Å². The van der Waals surface area contributed by atoms with E-state index in [4.69, 9.17) is 27.9 Å². The molecular formula is C22H24Cl2N2O3. The van der Waals surface area contributed by atoms with Crippen molar-refractivity contribution in [2.24, 2.45) is 0 Å². The van der Waals surface area contributed by atoms with Gasteiger partial charge >= 0.3 is 0 Å². The Balaban J connectivity index is 1.57. The second-order valence-electron chi connectivity index (χ2n) is 7.19. The van der Waals surface area contributed by atoms with E-state index in [9.17, 15) is 9.59 Å². The van der Waals surface area contributed by atoms with Crippen molar-refractivity contribution >= 4 is 35.0 Å². The van der Waals surface area contributed by atoms with Crippen molar-refractivity contribution in [2.45, 2.75) is 20.3 Å². The Labute approximate surface area is 181 Å². The number of aryl methyl sites for hydroxylation is 2. The van der Waals surface area contributed by atoms with Crippen molar-refractivity contribution in [3.05, 3.63) is 63.1 Å². The van der Waals surface area contributed by atoms with E-state index in [0.29, 0.717) is 54.0 Å². The van der Waals surface area contributed by atoms with Gasteiger partial charge in [-0.25, -0.2) is 0 Å². The van der Waals surface area contributed by atoms with Gasteiger partial charge in [-0.15, -0.1) is 0 Å². The van der Waals surface area contributed by atoms with Crippen LogP contribution in [0.4, 0.5) is 0 Å². The third-order valence-electron chi connectivity index (χ3n) is 5.14. The molecule has 2 aromatic rings. The summed E-state index contributed by atoms with van der Waals surface area (Å²) in [5.74, 6) is 0.431. The van der Waals surface area contributed by atoms with Gasteiger partial charge in [0.25, 0.3) is 11.8 Å². The summed E-state index contributed by atoms with van der Waals surface area (Å²) in [5, 5.41) is 0.839. The van der Waals surface area contributed by atoms with Crippen molar-refractivity contribution < 1.29 is 14.3 Å². The van der Waals surface area contributed by atoms with Crippen LogP contribution in [0.25, 0.3) is 0 Å². The molecule has 29 heavy (non-hydrogen) atoms. The summed E-state index contributed by atoms with van der Waals surface area (Å²) < 4.78 is 5.67. The number of amides is 2. The molecule has 0 spiro atoms. The van der Waals surface area contributed by atoms with Crippen molar-refractivity contribution in [2.75, 3.05) is 32.8 Å². The van der Waals surface area contributed by atoms with Crippen LogP contribution in [0.15, 0.2) is 36.4 Å². The fourth-order valence-corrected chi connectivity index (χ4v) is 3.61. The number of hydrogen-bond acceptors (Lipinski definition) is 3. The van der Waals surface area contributed by atoms with Gasteiger partial charge < -0.3 is 14.5 Å². The molecule has 0 bridgehead atoms. The molecule has 0 unspecified atom stereocenters. The highest BCUT2D eigenvalue weighted by Gasteiger charge is 2.24. The van der Waals surface area contributed by atoms with Crippen LogP contribution in [0.3, 0.4) is 0 Å². The van der Waals surface area contributed by atoms with Gasteiger partial charge in [0, 0.05) is 31.2 Å². The largest absolute Gasteiger partial charge is 0.484 e. The molecule has 0 atom stereocenters. The van der Waals surface area contributed by atoms with Crippen molar-refractivity contribution in [1.82, 2.24) is 9.80 Å². The van der Waals surface area contributed by atoms with Crippen molar-refractivity contribution in [3.63, 3.8) is 0 Å². The van der Waals surface area contributed by atoms with Gasteiger partial charge in [0.2, 0.25) is 0 Å². The third kappa shape index (κ3) is 5.43. The highest BCUT2D eigenvalue weighted by atomic mass is 35.5. The van der Waals surface area contributed by atoms with Crippen LogP contribution >= 0.6 is 23.2 Å². The summed E-state index contributed by atoms with van der Waals surface area (Å²) in [6, 6.07) is 10.6. The molecule has 3 rings (SSSR count). The van der Waals surface area contributed by atoms with Crippen molar-refractivity contribution in [3.8, 4) is 5.75 Å². The first-order valence-corrected chi connectivity index (χ1v) is 10.3. The Morgan fingerprint density at radius 1 is 0.931 bits per heavy atom. The molecule has 2 aromatic carbocycles. The Morgan fingerprint density at radius 2 is 1.66 bits per heavy atom. The SMILES string of the molecule is Cc1ccc(OCC(=O)N2CCCN(C(=O)c3cc(Cl)ccc3Cl)CC2)cc1C. The molecular weight excluding hydrogens is 411 g/mol. The predicted octanol–water partition coefficient (Wildman–Crippen LogP) is 4.36. The van der Waals surface area contributed by atoms with E-state index in [0.717, 1.165) is 5.56 Å². The molecule has 2 amide bonds. The molecule has 0 aliphatic carbocycles. The summed E-state index contributed by atoms with van der Waals surface area (Å²) in [5.41, 5.74) is 2.69. The van der Waals surface area contributed by atoms with E-state index in [-0.39, 0.29) is 18.4 Å². The van der Waals surface area contributed by atoms with Crippen LogP contribution in [-0.2, 0) is 4.79 Å². The van der Waals surface area contributed by atoms with Crippen molar-refractivity contribution in [1.29, 1.82) is 0 Å². The number of carbonyl (C=O) groups excluding carboxylic acids is 2. The van der Waals surface area contributed by atoms with Crippen LogP contribution in [-0.4, -0.2) is 54.4 Å². The fraction of sp³-hybridized carbons (Fsp3) is 0.364. The average Bonchev–Trinajstić information content (AvgIpc) is 2.96. The molecule has 0 aromatic heterocycles. The molecule has 7 heteroatoms. The first-order chi connectivity index (χ1) is 13.8. The van der Waals surface area contributed by atoms with Gasteiger partial charge in [-0.1, -0.05) is 29.3 Å². The van der Waals surface area contributed by atoms with Gasteiger partial charge in [0.05, 0.1) is 10.6 Å². The fourth-order valence-electron chi connectivity index (χ4n) is 3.24. The topological polar surface area (TPSA) is 49.9 Å². The number of hydrogen-bond donors (Lipinski definition) is 0. The molecule has 1 saturated heterocycles. The Kier molecular flexibility index (Phi) is 7.04. The van der Waals surface area contributed by atoms with E-state index >= 15 is 0 Å². The van der Waals surface area contributed by atoms with E-state index in [1.165, 1.54) is 5.56 Å². The molecule has 1 fully saturated rings. The zero-order chi connectivity index (χ0) is 21.0. The number of halogens is 2. The van der Waals surface area contributed by atoms with E-state index in [2.05, 4.69) is 0 Å². The molecule has 1 aliphatic rings. The monoisotopic (exact) mass is 434 g/mol. The first kappa shape index (κ1) is 21.5. The maximum Gasteiger partial charge on any atom is 0.260 e. The predicted molar refractivity (Wildman–Crippen MR) is 115 cm³/mol. The standard InChI is InChI=1S/C22H24Cl2N2O3/c1-15-4-6-18(12-16(15)2)29-14-21(27)25-8-3-9-26(11-10-25)22(28)19-13-17(23)5-7-20(19)24/h4-7,12-13H,3,8-11,14H2,1-2H3. The minimum absolute atomic E-state index is 0.0173. The molecule has 0 N–H and O–H groups in total. The molecule has 1 heterocycles. The van der Waals surface area contributed by atoms with E-state index in [1.807, 2.05) is 32.0 Å². The van der Waals surface area contributed by atoms with Crippen LogP contribution in [0.5, 0.6) is 5.75 Å². The number of rotatable bonds is 4. The maximum absolute atomic E-state index is 12.8. The van der Waals surface area contributed by atoms with Gasteiger partial charge in [0.15, 0.2) is 6.61 Å². The summed E-state index contributed by atoms with van der Waals surface area (Å²) >= 11 is 12.2. The lowest BCUT2D eigenvalue weighted by molar-refractivity contribution is -0.133. The molecule has 154 valence electrons. The van der Waals surface area contributed by atoms with Crippen LogP contribution in [0.1, 0.15) is 27.9 Å². The summed E-state index contributed by atoms with van der Waals surface area (Å²) in [7, 11) is 0. The molecule has 1 aliphatic heterocycles. The average molecular weight is 435 g/mol. The quantitative estimate of drug-likeness (QED) is 0.717.